The molecule has 0 aliphatic carbocycles. The van der Waals surface area contributed by atoms with Gasteiger partial charge in [0.25, 0.3) is 0 Å². The van der Waals surface area contributed by atoms with Crippen molar-refractivity contribution in [2.45, 2.75) is 20.3 Å². The van der Waals surface area contributed by atoms with Crippen molar-refractivity contribution in [1.29, 1.82) is 0 Å². The van der Waals surface area contributed by atoms with E-state index in [-0.39, 0.29) is 5.97 Å². The minimum atomic E-state index is -0.352. The summed E-state index contributed by atoms with van der Waals surface area (Å²) in [7, 11) is 1.38. The summed E-state index contributed by atoms with van der Waals surface area (Å²) < 4.78 is 10.3. The lowest BCUT2D eigenvalue weighted by atomic mass is 10.1. The number of rotatable bonds is 2. The van der Waals surface area contributed by atoms with Gasteiger partial charge in [-0.05, 0) is 37.1 Å². The SMILES string of the molecule is CCc1cc(C(=O)OC)c2oc(C)cc2c1. The first-order valence-electron chi connectivity index (χ1n) is 5.27. The van der Waals surface area contributed by atoms with E-state index >= 15 is 0 Å². The maximum Gasteiger partial charge on any atom is 0.341 e. The molecule has 3 nitrogen and oxygen atoms in total. The van der Waals surface area contributed by atoms with Crippen LogP contribution in [-0.4, -0.2) is 13.1 Å². The van der Waals surface area contributed by atoms with E-state index in [1.165, 1.54) is 7.11 Å². The highest BCUT2D eigenvalue weighted by atomic mass is 16.5. The minimum Gasteiger partial charge on any atom is -0.465 e. The number of esters is 1. The fourth-order valence-electron chi connectivity index (χ4n) is 1.81. The molecule has 1 heterocycles. The molecule has 0 unspecified atom stereocenters. The Morgan fingerprint density at radius 3 is 2.75 bits per heavy atom. The van der Waals surface area contributed by atoms with Gasteiger partial charge < -0.3 is 9.15 Å². The molecule has 1 aromatic heterocycles. The molecule has 0 radical (unpaired) electrons. The van der Waals surface area contributed by atoms with Crippen molar-refractivity contribution in [2.75, 3.05) is 7.11 Å². The topological polar surface area (TPSA) is 39.4 Å². The summed E-state index contributed by atoms with van der Waals surface area (Å²) in [6, 6.07) is 5.80. The number of furan rings is 1. The normalized spacial score (nSPS) is 10.7. The Morgan fingerprint density at radius 1 is 1.38 bits per heavy atom. The number of ether oxygens (including phenoxy) is 1. The van der Waals surface area contributed by atoms with Crippen LogP contribution in [0.4, 0.5) is 0 Å². The molecule has 2 aromatic rings. The molecule has 0 atom stereocenters. The van der Waals surface area contributed by atoms with Crippen LogP contribution in [0.25, 0.3) is 11.0 Å². The Hall–Kier alpha value is -1.77. The predicted octanol–water partition coefficient (Wildman–Crippen LogP) is 3.09. The van der Waals surface area contributed by atoms with E-state index in [1.54, 1.807) is 0 Å². The monoisotopic (exact) mass is 218 g/mol. The number of aryl methyl sites for hydroxylation is 2. The molecule has 84 valence electrons. The first-order valence-corrected chi connectivity index (χ1v) is 5.27. The third-order valence-electron chi connectivity index (χ3n) is 2.61. The van der Waals surface area contributed by atoms with Crippen LogP contribution in [0.2, 0.25) is 0 Å². The summed E-state index contributed by atoms with van der Waals surface area (Å²) in [6.45, 7) is 3.92. The summed E-state index contributed by atoms with van der Waals surface area (Å²) in [5.41, 5.74) is 2.22. The van der Waals surface area contributed by atoms with Gasteiger partial charge >= 0.3 is 5.97 Å². The van der Waals surface area contributed by atoms with E-state index < -0.39 is 0 Å². The molecule has 0 fully saturated rings. The number of hydrogen-bond donors (Lipinski definition) is 0. The van der Waals surface area contributed by atoms with Gasteiger partial charge in [-0.1, -0.05) is 6.92 Å². The van der Waals surface area contributed by atoms with Crippen molar-refractivity contribution in [1.82, 2.24) is 0 Å². The van der Waals surface area contributed by atoms with E-state index in [4.69, 9.17) is 9.15 Å². The first-order chi connectivity index (χ1) is 7.65. The Kier molecular flexibility index (Phi) is 2.69. The Labute approximate surface area is 94.0 Å². The van der Waals surface area contributed by atoms with Crippen molar-refractivity contribution in [3.05, 3.63) is 35.1 Å². The summed E-state index contributed by atoms with van der Waals surface area (Å²) >= 11 is 0. The van der Waals surface area contributed by atoms with Crippen LogP contribution in [0, 0.1) is 6.92 Å². The van der Waals surface area contributed by atoms with Crippen LogP contribution >= 0.6 is 0 Å². The fraction of sp³-hybridized carbons (Fsp3) is 0.308. The van der Waals surface area contributed by atoms with Crippen molar-refractivity contribution < 1.29 is 13.9 Å². The van der Waals surface area contributed by atoms with Crippen molar-refractivity contribution >= 4 is 16.9 Å². The maximum atomic E-state index is 11.6. The van der Waals surface area contributed by atoms with Gasteiger partial charge in [-0.2, -0.15) is 0 Å². The third-order valence-corrected chi connectivity index (χ3v) is 2.61. The summed E-state index contributed by atoms with van der Waals surface area (Å²) in [5, 5.41) is 0.956. The number of fused-ring (bicyclic) bond motifs is 1. The zero-order valence-corrected chi connectivity index (χ0v) is 9.66. The van der Waals surface area contributed by atoms with Gasteiger partial charge in [-0.3, -0.25) is 0 Å². The van der Waals surface area contributed by atoms with E-state index in [1.807, 2.05) is 25.1 Å². The average Bonchev–Trinajstić information content (AvgIpc) is 2.66. The summed E-state index contributed by atoms with van der Waals surface area (Å²) in [6.07, 6.45) is 0.879. The number of benzene rings is 1. The Balaban J connectivity index is 2.72. The zero-order valence-electron chi connectivity index (χ0n) is 9.66. The highest BCUT2D eigenvalue weighted by molar-refractivity contribution is 6.02. The molecule has 0 aliphatic rings. The number of carbonyl (C=O) groups excluding carboxylic acids is 1. The van der Waals surface area contributed by atoms with E-state index in [0.29, 0.717) is 11.1 Å². The van der Waals surface area contributed by atoms with Crippen LogP contribution in [-0.2, 0) is 11.2 Å². The van der Waals surface area contributed by atoms with E-state index in [0.717, 1.165) is 23.1 Å². The number of carbonyl (C=O) groups is 1. The van der Waals surface area contributed by atoms with Gasteiger partial charge in [-0.15, -0.1) is 0 Å². The van der Waals surface area contributed by atoms with Gasteiger partial charge in [0, 0.05) is 5.39 Å². The van der Waals surface area contributed by atoms with Crippen molar-refractivity contribution in [3.63, 3.8) is 0 Å². The Bertz CT molecular complexity index is 537. The second kappa shape index (κ2) is 4.00. The molecule has 1 aromatic carbocycles. The van der Waals surface area contributed by atoms with Crippen LogP contribution in [0.3, 0.4) is 0 Å². The molecule has 0 aliphatic heterocycles. The molecule has 0 saturated carbocycles. The second-order valence-electron chi connectivity index (χ2n) is 3.76. The smallest absolute Gasteiger partial charge is 0.341 e. The van der Waals surface area contributed by atoms with Crippen molar-refractivity contribution in [3.8, 4) is 0 Å². The molecule has 0 amide bonds. The lowest BCUT2D eigenvalue weighted by Crippen LogP contribution is -2.02. The predicted molar refractivity (Wildman–Crippen MR) is 61.7 cm³/mol. The van der Waals surface area contributed by atoms with Gasteiger partial charge in [0.05, 0.1) is 7.11 Å². The van der Waals surface area contributed by atoms with Gasteiger partial charge in [0.2, 0.25) is 0 Å². The van der Waals surface area contributed by atoms with E-state index in [9.17, 15) is 4.79 Å². The fourth-order valence-corrected chi connectivity index (χ4v) is 1.81. The Morgan fingerprint density at radius 2 is 2.12 bits per heavy atom. The minimum absolute atomic E-state index is 0.352. The third kappa shape index (κ3) is 1.69. The van der Waals surface area contributed by atoms with Crippen LogP contribution in [0.15, 0.2) is 22.6 Å². The molecule has 16 heavy (non-hydrogen) atoms. The molecule has 0 N–H and O–H groups in total. The van der Waals surface area contributed by atoms with Crippen LogP contribution < -0.4 is 0 Å². The second-order valence-corrected chi connectivity index (χ2v) is 3.76. The molecule has 0 saturated heterocycles. The quantitative estimate of drug-likeness (QED) is 0.727. The molecule has 3 heteroatoms. The highest BCUT2D eigenvalue weighted by Gasteiger charge is 2.15. The molecule has 0 spiro atoms. The van der Waals surface area contributed by atoms with Crippen LogP contribution in [0.1, 0.15) is 28.6 Å². The maximum absolute atomic E-state index is 11.6. The molecular weight excluding hydrogens is 204 g/mol. The largest absolute Gasteiger partial charge is 0.465 e. The summed E-state index contributed by atoms with van der Waals surface area (Å²) in [5.74, 6) is 0.447. The lowest BCUT2D eigenvalue weighted by Gasteiger charge is -2.03. The highest BCUT2D eigenvalue weighted by Crippen LogP contribution is 2.25. The summed E-state index contributed by atoms with van der Waals surface area (Å²) in [4.78, 5) is 11.6. The first kappa shape index (κ1) is 10.7. The van der Waals surface area contributed by atoms with Gasteiger partial charge in [0.1, 0.15) is 16.9 Å². The lowest BCUT2D eigenvalue weighted by molar-refractivity contribution is 0.0601. The zero-order chi connectivity index (χ0) is 11.7. The van der Waals surface area contributed by atoms with Gasteiger partial charge in [0.15, 0.2) is 0 Å². The average molecular weight is 218 g/mol. The van der Waals surface area contributed by atoms with Crippen molar-refractivity contribution in [2.24, 2.45) is 0 Å². The van der Waals surface area contributed by atoms with Crippen LogP contribution in [0.5, 0.6) is 0 Å². The molecule has 2 rings (SSSR count). The molecule has 0 bridgehead atoms. The standard InChI is InChI=1S/C13H14O3/c1-4-9-6-10-5-8(2)16-12(10)11(7-9)13(14)15-3/h5-7H,4H2,1-3H3. The molecular formula is C13H14O3. The van der Waals surface area contributed by atoms with E-state index in [2.05, 4.69) is 6.92 Å². The number of methoxy groups -OCH3 is 1. The number of hydrogen-bond acceptors (Lipinski definition) is 3. The van der Waals surface area contributed by atoms with Gasteiger partial charge in [-0.25, -0.2) is 4.79 Å².